The third-order valence-electron chi connectivity index (χ3n) is 2.39. The van der Waals surface area contributed by atoms with Crippen molar-refractivity contribution in [1.82, 2.24) is 4.98 Å². The third-order valence-corrected chi connectivity index (χ3v) is 2.39. The van der Waals surface area contributed by atoms with Crippen molar-refractivity contribution in [2.75, 3.05) is 6.61 Å². The molecule has 2 heterocycles. The Morgan fingerprint density at radius 2 is 2.47 bits per heavy atom. The van der Waals surface area contributed by atoms with Gasteiger partial charge in [0.15, 0.2) is 5.67 Å². The van der Waals surface area contributed by atoms with E-state index >= 15 is 0 Å². The fraction of sp³-hybridized carbons (Fsp3) is 0.400. The van der Waals surface area contributed by atoms with Crippen LogP contribution in [0.2, 0.25) is 0 Å². The zero-order valence-corrected chi connectivity index (χ0v) is 8.16. The first kappa shape index (κ1) is 10.0. The smallest absolute Gasteiger partial charge is 0.337 e. The molecule has 0 aromatic carbocycles. The van der Waals surface area contributed by atoms with Crippen molar-refractivity contribution < 1.29 is 19.0 Å². The minimum absolute atomic E-state index is 0.000440. The standard InChI is InChI=1S/C10H10FNO3/c1-10(11)5-15-4-8-7(10)2-6(3-12-8)9(13)14/h2-3H,4-5H2,1H3,(H,13,14)/t10-/m0/s1. The lowest BCUT2D eigenvalue weighted by atomic mass is 9.94. The van der Waals surface area contributed by atoms with E-state index in [-0.39, 0.29) is 18.8 Å². The van der Waals surface area contributed by atoms with Crippen LogP contribution in [-0.2, 0) is 17.0 Å². The van der Waals surface area contributed by atoms with Crippen LogP contribution in [0, 0.1) is 0 Å². The summed E-state index contributed by atoms with van der Waals surface area (Å²) < 4.78 is 19.0. The molecule has 5 heteroatoms. The van der Waals surface area contributed by atoms with Crippen LogP contribution >= 0.6 is 0 Å². The normalized spacial score (nSPS) is 24.7. The summed E-state index contributed by atoms with van der Waals surface area (Å²) >= 11 is 0. The molecule has 1 aromatic rings. The highest BCUT2D eigenvalue weighted by Crippen LogP contribution is 2.32. The molecule has 0 spiro atoms. The molecule has 1 aromatic heterocycles. The van der Waals surface area contributed by atoms with Gasteiger partial charge < -0.3 is 9.84 Å². The quantitative estimate of drug-likeness (QED) is 0.764. The van der Waals surface area contributed by atoms with Crippen LogP contribution in [-0.4, -0.2) is 22.7 Å². The first-order valence-corrected chi connectivity index (χ1v) is 4.50. The molecule has 15 heavy (non-hydrogen) atoms. The van der Waals surface area contributed by atoms with E-state index in [4.69, 9.17) is 9.84 Å². The fourth-order valence-electron chi connectivity index (χ4n) is 1.59. The summed E-state index contributed by atoms with van der Waals surface area (Å²) in [6.07, 6.45) is 1.21. The van der Waals surface area contributed by atoms with Crippen LogP contribution in [0.15, 0.2) is 12.3 Å². The van der Waals surface area contributed by atoms with Gasteiger partial charge in [0, 0.05) is 11.8 Å². The molecule has 2 rings (SSSR count). The van der Waals surface area contributed by atoms with E-state index in [9.17, 15) is 9.18 Å². The summed E-state index contributed by atoms with van der Waals surface area (Å²) in [4.78, 5) is 14.6. The summed E-state index contributed by atoms with van der Waals surface area (Å²) in [6, 6.07) is 1.33. The van der Waals surface area contributed by atoms with Crippen LogP contribution in [0.4, 0.5) is 4.39 Å². The Morgan fingerprint density at radius 1 is 1.73 bits per heavy atom. The molecule has 0 saturated heterocycles. The average Bonchev–Trinajstić information content (AvgIpc) is 2.17. The molecule has 0 aliphatic carbocycles. The van der Waals surface area contributed by atoms with Crippen LogP contribution < -0.4 is 0 Å². The molecule has 0 saturated carbocycles. The number of nitrogens with zero attached hydrogens (tertiary/aromatic N) is 1. The Balaban J connectivity index is 2.53. The van der Waals surface area contributed by atoms with Gasteiger partial charge in [0.25, 0.3) is 0 Å². The lowest BCUT2D eigenvalue weighted by Crippen LogP contribution is -2.30. The van der Waals surface area contributed by atoms with Crippen molar-refractivity contribution in [2.24, 2.45) is 0 Å². The molecule has 4 nitrogen and oxygen atoms in total. The van der Waals surface area contributed by atoms with E-state index in [1.807, 2.05) is 0 Å². The molecule has 80 valence electrons. The number of rotatable bonds is 1. The number of carboxylic acids is 1. The number of pyridine rings is 1. The van der Waals surface area contributed by atoms with Gasteiger partial charge >= 0.3 is 5.97 Å². The average molecular weight is 211 g/mol. The number of fused-ring (bicyclic) bond motifs is 1. The molecular formula is C10H10FNO3. The number of hydrogen-bond donors (Lipinski definition) is 1. The highest BCUT2D eigenvalue weighted by molar-refractivity contribution is 5.87. The van der Waals surface area contributed by atoms with E-state index in [0.717, 1.165) is 0 Å². The minimum Gasteiger partial charge on any atom is -0.478 e. The molecule has 0 radical (unpaired) electrons. The molecule has 0 unspecified atom stereocenters. The number of aromatic nitrogens is 1. The molecule has 1 aliphatic heterocycles. The van der Waals surface area contributed by atoms with E-state index in [0.29, 0.717) is 11.3 Å². The van der Waals surface area contributed by atoms with Crippen molar-refractivity contribution in [3.8, 4) is 0 Å². The van der Waals surface area contributed by atoms with Crippen LogP contribution in [0.3, 0.4) is 0 Å². The van der Waals surface area contributed by atoms with Crippen LogP contribution in [0.5, 0.6) is 0 Å². The van der Waals surface area contributed by atoms with Crippen LogP contribution in [0.1, 0.15) is 28.5 Å². The van der Waals surface area contributed by atoms with Crippen LogP contribution in [0.25, 0.3) is 0 Å². The van der Waals surface area contributed by atoms with E-state index < -0.39 is 11.6 Å². The molecule has 0 fully saturated rings. The van der Waals surface area contributed by atoms with Gasteiger partial charge in [-0.3, -0.25) is 4.98 Å². The second kappa shape index (κ2) is 3.27. The molecule has 0 bridgehead atoms. The SMILES string of the molecule is C[C@]1(F)COCc2ncc(C(=O)O)cc21. The van der Waals surface area contributed by atoms with Gasteiger partial charge in [0.1, 0.15) is 0 Å². The Morgan fingerprint density at radius 3 is 3.13 bits per heavy atom. The summed E-state index contributed by atoms with van der Waals surface area (Å²) in [5.74, 6) is -1.10. The zero-order valence-electron chi connectivity index (χ0n) is 8.16. The largest absolute Gasteiger partial charge is 0.478 e. The van der Waals surface area contributed by atoms with Gasteiger partial charge in [-0.15, -0.1) is 0 Å². The number of ether oxygens (including phenoxy) is 1. The summed E-state index contributed by atoms with van der Waals surface area (Å²) in [6.45, 7) is 1.53. The first-order chi connectivity index (χ1) is 7.00. The Hall–Kier alpha value is -1.49. The zero-order chi connectivity index (χ0) is 11.1. The maximum Gasteiger partial charge on any atom is 0.337 e. The van der Waals surface area contributed by atoms with Gasteiger partial charge in [-0.1, -0.05) is 0 Å². The molecule has 1 atom stereocenters. The maximum absolute atomic E-state index is 13.9. The topological polar surface area (TPSA) is 59.4 Å². The van der Waals surface area contributed by atoms with Gasteiger partial charge in [-0.2, -0.15) is 0 Å². The van der Waals surface area contributed by atoms with E-state index in [1.54, 1.807) is 0 Å². The first-order valence-electron chi connectivity index (χ1n) is 4.50. The molecule has 1 aliphatic rings. The maximum atomic E-state index is 13.9. The van der Waals surface area contributed by atoms with E-state index in [2.05, 4.69) is 4.98 Å². The number of carbonyl (C=O) groups is 1. The van der Waals surface area contributed by atoms with Crippen molar-refractivity contribution >= 4 is 5.97 Å². The van der Waals surface area contributed by atoms with E-state index in [1.165, 1.54) is 19.2 Å². The highest BCUT2D eigenvalue weighted by Gasteiger charge is 2.34. The Kier molecular flexibility index (Phi) is 2.19. The van der Waals surface area contributed by atoms with Crippen molar-refractivity contribution in [3.63, 3.8) is 0 Å². The van der Waals surface area contributed by atoms with Gasteiger partial charge in [0.05, 0.1) is 24.5 Å². The summed E-state index contributed by atoms with van der Waals surface area (Å²) in [5.41, 5.74) is -0.879. The molecule has 0 amide bonds. The number of carboxylic acid groups (broad SMARTS) is 1. The molecule has 1 N–H and O–H groups in total. The summed E-state index contributed by atoms with van der Waals surface area (Å²) in [7, 11) is 0. The lowest BCUT2D eigenvalue weighted by Gasteiger charge is -2.27. The summed E-state index contributed by atoms with van der Waals surface area (Å²) in [5, 5.41) is 8.76. The second-order valence-electron chi connectivity index (χ2n) is 3.71. The van der Waals surface area contributed by atoms with Crippen molar-refractivity contribution in [2.45, 2.75) is 19.2 Å². The monoisotopic (exact) mass is 211 g/mol. The third kappa shape index (κ3) is 1.70. The Labute approximate surface area is 85.7 Å². The van der Waals surface area contributed by atoms with Gasteiger partial charge in [-0.25, -0.2) is 9.18 Å². The van der Waals surface area contributed by atoms with Gasteiger partial charge in [-0.05, 0) is 13.0 Å². The Bertz CT molecular complexity index is 417. The van der Waals surface area contributed by atoms with Gasteiger partial charge in [0.2, 0.25) is 0 Å². The predicted octanol–water partition coefficient (Wildman–Crippen LogP) is 1.49. The fourth-order valence-corrected chi connectivity index (χ4v) is 1.59. The number of hydrogen-bond acceptors (Lipinski definition) is 3. The predicted molar refractivity (Wildman–Crippen MR) is 49.3 cm³/mol. The highest BCUT2D eigenvalue weighted by atomic mass is 19.1. The number of aromatic carboxylic acids is 1. The lowest BCUT2D eigenvalue weighted by molar-refractivity contribution is -0.00695. The van der Waals surface area contributed by atoms with Crippen molar-refractivity contribution in [3.05, 3.63) is 29.1 Å². The number of alkyl halides is 1. The minimum atomic E-state index is -1.66. The number of halogens is 1. The van der Waals surface area contributed by atoms with Crippen molar-refractivity contribution in [1.29, 1.82) is 0 Å². The molecular weight excluding hydrogens is 201 g/mol. The second-order valence-corrected chi connectivity index (χ2v) is 3.71.